The Labute approximate surface area is 111 Å². The average molecular weight is 284 g/mol. The van der Waals surface area contributed by atoms with Gasteiger partial charge in [-0.25, -0.2) is 9.18 Å². The van der Waals surface area contributed by atoms with E-state index in [0.717, 1.165) is 6.07 Å². The van der Waals surface area contributed by atoms with E-state index in [1.165, 1.54) is 24.3 Å². The molecular formula is C14H8F4O2. The Kier molecular flexibility index (Phi) is 3.48. The maximum absolute atomic E-state index is 13.2. The lowest BCUT2D eigenvalue weighted by molar-refractivity contribution is -0.139. The van der Waals surface area contributed by atoms with Gasteiger partial charge in [-0.3, -0.25) is 0 Å². The molecule has 0 bridgehead atoms. The van der Waals surface area contributed by atoms with Gasteiger partial charge in [0.2, 0.25) is 0 Å². The van der Waals surface area contributed by atoms with Crippen molar-refractivity contribution in [1.82, 2.24) is 0 Å². The van der Waals surface area contributed by atoms with Crippen LogP contribution in [0.15, 0.2) is 42.5 Å². The molecule has 20 heavy (non-hydrogen) atoms. The SMILES string of the molecule is O=C(O)c1ccccc1-c1ccc(F)c(C(F)(F)F)c1. The fraction of sp³-hybridized carbons (Fsp3) is 0.0714. The fourth-order valence-corrected chi connectivity index (χ4v) is 1.83. The fourth-order valence-electron chi connectivity index (χ4n) is 1.83. The van der Waals surface area contributed by atoms with E-state index in [1.807, 2.05) is 0 Å². The van der Waals surface area contributed by atoms with Crippen molar-refractivity contribution in [3.63, 3.8) is 0 Å². The van der Waals surface area contributed by atoms with Crippen LogP contribution in [0.3, 0.4) is 0 Å². The first-order valence-electron chi connectivity index (χ1n) is 5.50. The van der Waals surface area contributed by atoms with Crippen LogP contribution in [0.2, 0.25) is 0 Å². The van der Waals surface area contributed by atoms with Crippen molar-refractivity contribution in [2.75, 3.05) is 0 Å². The van der Waals surface area contributed by atoms with Crippen molar-refractivity contribution < 1.29 is 27.5 Å². The molecule has 0 aliphatic carbocycles. The molecule has 0 spiro atoms. The second kappa shape index (κ2) is 4.96. The molecule has 0 radical (unpaired) electrons. The second-order valence-electron chi connectivity index (χ2n) is 4.04. The highest BCUT2D eigenvalue weighted by Gasteiger charge is 2.34. The van der Waals surface area contributed by atoms with Gasteiger partial charge in [0.25, 0.3) is 0 Å². The number of carboxylic acid groups (broad SMARTS) is 1. The summed E-state index contributed by atoms with van der Waals surface area (Å²) in [5, 5.41) is 9.01. The Hall–Kier alpha value is -2.37. The smallest absolute Gasteiger partial charge is 0.419 e. The minimum absolute atomic E-state index is 0.00303. The maximum Gasteiger partial charge on any atom is 0.419 e. The number of alkyl halides is 3. The Bertz CT molecular complexity index is 662. The topological polar surface area (TPSA) is 37.3 Å². The third-order valence-electron chi connectivity index (χ3n) is 2.74. The van der Waals surface area contributed by atoms with E-state index < -0.39 is 23.5 Å². The van der Waals surface area contributed by atoms with Gasteiger partial charge in [-0.2, -0.15) is 13.2 Å². The van der Waals surface area contributed by atoms with Crippen molar-refractivity contribution in [3.8, 4) is 11.1 Å². The summed E-state index contributed by atoms with van der Waals surface area (Å²) in [5.41, 5.74) is -1.47. The van der Waals surface area contributed by atoms with E-state index in [4.69, 9.17) is 5.11 Å². The first-order valence-corrected chi connectivity index (χ1v) is 5.50. The summed E-state index contributed by atoms with van der Waals surface area (Å²) in [7, 11) is 0. The Morgan fingerprint density at radius 1 is 1.05 bits per heavy atom. The standard InChI is InChI=1S/C14H8F4O2/c15-12-6-5-8(7-11(12)14(16,17)18)9-3-1-2-4-10(9)13(19)20/h1-7H,(H,19,20). The summed E-state index contributed by atoms with van der Waals surface area (Å²) < 4.78 is 51.1. The molecule has 0 saturated heterocycles. The summed E-state index contributed by atoms with van der Waals surface area (Å²) in [6, 6.07) is 8.00. The lowest BCUT2D eigenvalue weighted by Gasteiger charge is -2.11. The van der Waals surface area contributed by atoms with Crippen LogP contribution in [-0.2, 0) is 6.18 Å². The number of rotatable bonds is 2. The molecule has 2 aromatic rings. The molecule has 2 rings (SSSR count). The van der Waals surface area contributed by atoms with Gasteiger partial charge < -0.3 is 5.11 Å². The van der Waals surface area contributed by atoms with Gasteiger partial charge in [0, 0.05) is 0 Å². The van der Waals surface area contributed by atoms with Gasteiger partial charge in [-0.05, 0) is 29.3 Å². The van der Waals surface area contributed by atoms with Crippen LogP contribution in [0.25, 0.3) is 11.1 Å². The average Bonchev–Trinajstić information content (AvgIpc) is 2.38. The van der Waals surface area contributed by atoms with Crippen molar-refractivity contribution >= 4 is 5.97 Å². The highest BCUT2D eigenvalue weighted by atomic mass is 19.4. The first-order chi connectivity index (χ1) is 9.30. The van der Waals surface area contributed by atoms with Gasteiger partial charge in [-0.15, -0.1) is 0 Å². The Morgan fingerprint density at radius 3 is 2.30 bits per heavy atom. The van der Waals surface area contributed by atoms with E-state index in [9.17, 15) is 22.4 Å². The van der Waals surface area contributed by atoms with Gasteiger partial charge in [-0.1, -0.05) is 24.3 Å². The minimum atomic E-state index is -4.84. The molecule has 0 unspecified atom stereocenters. The molecular weight excluding hydrogens is 276 g/mol. The zero-order valence-corrected chi connectivity index (χ0v) is 9.91. The molecule has 104 valence electrons. The van der Waals surface area contributed by atoms with Crippen LogP contribution in [0, 0.1) is 5.82 Å². The molecule has 2 nitrogen and oxygen atoms in total. The minimum Gasteiger partial charge on any atom is -0.478 e. The van der Waals surface area contributed by atoms with Gasteiger partial charge >= 0.3 is 12.1 Å². The third kappa shape index (κ3) is 2.64. The monoisotopic (exact) mass is 284 g/mol. The first kappa shape index (κ1) is 14.0. The summed E-state index contributed by atoms with van der Waals surface area (Å²) in [4.78, 5) is 11.0. The number of carboxylic acids is 1. The summed E-state index contributed by atoms with van der Waals surface area (Å²) >= 11 is 0. The van der Waals surface area contributed by atoms with Crippen LogP contribution >= 0.6 is 0 Å². The molecule has 0 saturated carbocycles. The number of hydrogen-bond acceptors (Lipinski definition) is 1. The summed E-state index contributed by atoms with van der Waals surface area (Å²) in [6.45, 7) is 0. The molecule has 0 amide bonds. The van der Waals surface area contributed by atoms with Crippen LogP contribution in [0.5, 0.6) is 0 Å². The lowest BCUT2D eigenvalue weighted by atomic mass is 9.98. The van der Waals surface area contributed by atoms with Crippen molar-refractivity contribution in [3.05, 3.63) is 59.4 Å². The quantitative estimate of drug-likeness (QED) is 0.839. The van der Waals surface area contributed by atoms with Crippen molar-refractivity contribution in [1.29, 1.82) is 0 Å². The summed E-state index contributed by atoms with van der Waals surface area (Å²) in [6.07, 6.45) is -4.84. The predicted octanol–water partition coefficient (Wildman–Crippen LogP) is 4.21. The van der Waals surface area contributed by atoms with E-state index in [2.05, 4.69) is 0 Å². The predicted molar refractivity (Wildman–Crippen MR) is 63.8 cm³/mol. The van der Waals surface area contributed by atoms with Crippen molar-refractivity contribution in [2.45, 2.75) is 6.18 Å². The lowest BCUT2D eigenvalue weighted by Crippen LogP contribution is -2.08. The molecule has 0 atom stereocenters. The third-order valence-corrected chi connectivity index (χ3v) is 2.74. The van der Waals surface area contributed by atoms with Crippen LogP contribution in [0.4, 0.5) is 17.6 Å². The highest BCUT2D eigenvalue weighted by molar-refractivity contribution is 5.96. The number of aromatic carboxylic acids is 1. The second-order valence-corrected chi connectivity index (χ2v) is 4.04. The Morgan fingerprint density at radius 2 is 1.70 bits per heavy atom. The van der Waals surface area contributed by atoms with Crippen LogP contribution in [-0.4, -0.2) is 11.1 Å². The van der Waals surface area contributed by atoms with Crippen LogP contribution < -0.4 is 0 Å². The number of benzene rings is 2. The molecule has 0 fully saturated rings. The Balaban J connectivity index is 2.63. The van der Waals surface area contributed by atoms with E-state index >= 15 is 0 Å². The number of carbonyl (C=O) groups is 1. The van der Waals surface area contributed by atoms with Gasteiger partial charge in [0.05, 0.1) is 11.1 Å². The highest BCUT2D eigenvalue weighted by Crippen LogP contribution is 2.35. The van der Waals surface area contributed by atoms with Gasteiger partial charge in [0.15, 0.2) is 0 Å². The van der Waals surface area contributed by atoms with Gasteiger partial charge in [0.1, 0.15) is 5.82 Å². The molecule has 0 aromatic heterocycles. The largest absolute Gasteiger partial charge is 0.478 e. The molecule has 0 heterocycles. The molecule has 6 heteroatoms. The van der Waals surface area contributed by atoms with E-state index in [-0.39, 0.29) is 16.7 Å². The van der Waals surface area contributed by atoms with Crippen molar-refractivity contribution in [2.24, 2.45) is 0 Å². The number of hydrogen-bond donors (Lipinski definition) is 1. The number of halogens is 4. The molecule has 0 aliphatic rings. The zero-order chi connectivity index (χ0) is 14.9. The maximum atomic E-state index is 13.2. The summed E-state index contributed by atoms with van der Waals surface area (Å²) in [5.74, 6) is -2.66. The molecule has 2 aromatic carbocycles. The van der Waals surface area contributed by atoms with E-state index in [1.54, 1.807) is 0 Å². The normalized spacial score (nSPS) is 11.4. The zero-order valence-electron chi connectivity index (χ0n) is 9.91. The van der Waals surface area contributed by atoms with E-state index in [0.29, 0.717) is 12.1 Å². The van der Waals surface area contributed by atoms with Crippen LogP contribution in [0.1, 0.15) is 15.9 Å². The molecule has 1 N–H and O–H groups in total. The molecule has 0 aliphatic heterocycles.